The van der Waals surface area contributed by atoms with Crippen LogP contribution in [0.2, 0.25) is 0 Å². The Balaban J connectivity index is 1.37. The van der Waals surface area contributed by atoms with E-state index < -0.39 is 0 Å². The van der Waals surface area contributed by atoms with Crippen molar-refractivity contribution in [3.63, 3.8) is 0 Å². The average Bonchev–Trinajstić information content (AvgIpc) is 2.85. The van der Waals surface area contributed by atoms with E-state index in [2.05, 4.69) is 17.6 Å². The number of unbranched alkanes of at least 4 members (excludes halogenated alkanes) is 1. The Morgan fingerprint density at radius 3 is 2.53 bits per heavy atom. The third-order valence-corrected chi connectivity index (χ3v) is 5.54. The lowest BCUT2D eigenvalue weighted by Crippen LogP contribution is -2.26. The van der Waals surface area contributed by atoms with E-state index in [9.17, 15) is 9.59 Å². The molecule has 1 atom stereocenters. The second-order valence-electron chi connectivity index (χ2n) is 8.15. The molecule has 1 aliphatic heterocycles. The standard InChI is InChI=1S/C28H28N2O4/c1-3-4-17-33-23-15-13-21(14-16-23)19(2)29-27(31)22-11-9-20(10-12-22)18-26-28(32)30-24-7-5-6-8-25(24)34-26/h5-16,18-19H,3-4,17H2,1-2H3,(H,29,31)(H,30,32). The average molecular weight is 457 g/mol. The van der Waals surface area contributed by atoms with Gasteiger partial charge in [-0.05, 0) is 66.9 Å². The van der Waals surface area contributed by atoms with Crippen molar-refractivity contribution in [1.82, 2.24) is 5.32 Å². The quantitative estimate of drug-likeness (QED) is 0.335. The van der Waals surface area contributed by atoms with Crippen LogP contribution in [0.1, 0.15) is 54.2 Å². The van der Waals surface area contributed by atoms with Gasteiger partial charge in [-0.15, -0.1) is 0 Å². The maximum atomic E-state index is 12.7. The van der Waals surface area contributed by atoms with Crippen molar-refractivity contribution in [2.45, 2.75) is 32.7 Å². The van der Waals surface area contributed by atoms with Crippen LogP contribution < -0.4 is 20.1 Å². The molecular formula is C28H28N2O4. The van der Waals surface area contributed by atoms with E-state index in [1.165, 1.54) is 0 Å². The number of fused-ring (bicyclic) bond motifs is 1. The van der Waals surface area contributed by atoms with E-state index in [4.69, 9.17) is 9.47 Å². The molecule has 3 aromatic carbocycles. The van der Waals surface area contributed by atoms with Gasteiger partial charge in [-0.1, -0.05) is 49.7 Å². The molecular weight excluding hydrogens is 428 g/mol. The second kappa shape index (κ2) is 10.7. The van der Waals surface area contributed by atoms with E-state index in [0.29, 0.717) is 23.6 Å². The number of rotatable bonds is 8. The summed E-state index contributed by atoms with van der Waals surface area (Å²) < 4.78 is 11.4. The lowest BCUT2D eigenvalue weighted by Gasteiger charge is -2.19. The summed E-state index contributed by atoms with van der Waals surface area (Å²) in [7, 11) is 0. The van der Waals surface area contributed by atoms with E-state index in [1.54, 1.807) is 42.5 Å². The smallest absolute Gasteiger partial charge is 0.291 e. The number of anilines is 1. The molecule has 0 fully saturated rings. The van der Waals surface area contributed by atoms with Gasteiger partial charge >= 0.3 is 0 Å². The summed E-state index contributed by atoms with van der Waals surface area (Å²) in [5, 5.41) is 5.83. The number of hydrogen-bond donors (Lipinski definition) is 2. The van der Waals surface area contributed by atoms with Gasteiger partial charge in [0.15, 0.2) is 11.5 Å². The summed E-state index contributed by atoms with van der Waals surface area (Å²) >= 11 is 0. The van der Waals surface area contributed by atoms with E-state index in [1.807, 2.05) is 43.3 Å². The van der Waals surface area contributed by atoms with E-state index >= 15 is 0 Å². The Labute approximate surface area is 199 Å². The molecule has 6 nitrogen and oxygen atoms in total. The van der Waals surface area contributed by atoms with Crippen LogP contribution >= 0.6 is 0 Å². The Morgan fingerprint density at radius 1 is 1.06 bits per heavy atom. The number of carbonyl (C=O) groups excluding carboxylic acids is 2. The molecule has 174 valence electrons. The fourth-order valence-electron chi connectivity index (χ4n) is 3.54. The van der Waals surface area contributed by atoms with Gasteiger partial charge in [-0.2, -0.15) is 0 Å². The predicted molar refractivity (Wildman–Crippen MR) is 133 cm³/mol. The van der Waals surface area contributed by atoms with Crippen LogP contribution in [0.5, 0.6) is 11.5 Å². The zero-order valence-corrected chi connectivity index (χ0v) is 19.3. The molecule has 0 aliphatic carbocycles. The molecule has 0 saturated heterocycles. The van der Waals surface area contributed by atoms with Gasteiger partial charge in [0.1, 0.15) is 5.75 Å². The third-order valence-electron chi connectivity index (χ3n) is 5.54. The van der Waals surface area contributed by atoms with Crippen molar-refractivity contribution in [2.24, 2.45) is 0 Å². The number of carbonyl (C=O) groups is 2. The monoisotopic (exact) mass is 456 g/mol. The highest BCUT2D eigenvalue weighted by Gasteiger charge is 2.21. The van der Waals surface area contributed by atoms with Gasteiger partial charge in [0.2, 0.25) is 0 Å². The van der Waals surface area contributed by atoms with Crippen LogP contribution in [0, 0.1) is 0 Å². The minimum absolute atomic E-state index is 0.154. The van der Waals surface area contributed by atoms with Crippen LogP contribution in [0.4, 0.5) is 5.69 Å². The highest BCUT2D eigenvalue weighted by atomic mass is 16.5. The molecule has 1 aliphatic rings. The topological polar surface area (TPSA) is 76.7 Å². The molecule has 0 saturated carbocycles. The minimum Gasteiger partial charge on any atom is -0.494 e. The van der Waals surface area contributed by atoms with Crippen molar-refractivity contribution in [1.29, 1.82) is 0 Å². The molecule has 1 unspecified atom stereocenters. The molecule has 2 N–H and O–H groups in total. The summed E-state index contributed by atoms with van der Waals surface area (Å²) in [6.45, 7) is 4.78. The Hall–Kier alpha value is -4.06. The molecule has 2 amide bonds. The van der Waals surface area contributed by atoms with Crippen molar-refractivity contribution >= 4 is 23.6 Å². The van der Waals surface area contributed by atoms with Crippen molar-refractivity contribution < 1.29 is 19.1 Å². The lowest BCUT2D eigenvalue weighted by molar-refractivity contribution is -0.115. The molecule has 0 aromatic heterocycles. The first-order valence-corrected chi connectivity index (χ1v) is 11.5. The molecule has 0 spiro atoms. The SMILES string of the molecule is CCCCOc1ccc(C(C)NC(=O)c2ccc(C=C3Oc4ccccc4NC3=O)cc2)cc1. The van der Waals surface area contributed by atoms with Crippen molar-refractivity contribution in [2.75, 3.05) is 11.9 Å². The summed E-state index contributed by atoms with van der Waals surface area (Å²) in [5.41, 5.74) is 2.93. The zero-order valence-electron chi connectivity index (χ0n) is 19.3. The molecule has 1 heterocycles. The molecule has 0 radical (unpaired) electrons. The van der Waals surface area contributed by atoms with Crippen molar-refractivity contribution in [3.8, 4) is 11.5 Å². The fourth-order valence-corrected chi connectivity index (χ4v) is 3.54. The van der Waals surface area contributed by atoms with Gasteiger partial charge in [0.25, 0.3) is 11.8 Å². The van der Waals surface area contributed by atoms with Crippen LogP contribution in [0.15, 0.2) is 78.6 Å². The fraction of sp³-hybridized carbons (Fsp3) is 0.214. The number of ether oxygens (including phenoxy) is 2. The second-order valence-corrected chi connectivity index (χ2v) is 8.15. The van der Waals surface area contributed by atoms with Crippen LogP contribution in [-0.4, -0.2) is 18.4 Å². The summed E-state index contributed by atoms with van der Waals surface area (Å²) in [4.78, 5) is 25.0. The number of hydrogen-bond acceptors (Lipinski definition) is 4. The first-order chi connectivity index (χ1) is 16.5. The van der Waals surface area contributed by atoms with Gasteiger partial charge in [0, 0.05) is 5.56 Å². The van der Waals surface area contributed by atoms with Crippen LogP contribution in [0.3, 0.4) is 0 Å². The van der Waals surface area contributed by atoms with E-state index in [0.717, 1.165) is 29.7 Å². The maximum Gasteiger partial charge on any atom is 0.291 e. The Bertz CT molecular complexity index is 1180. The number of nitrogens with one attached hydrogen (secondary N) is 2. The first-order valence-electron chi connectivity index (χ1n) is 11.5. The molecule has 6 heteroatoms. The maximum absolute atomic E-state index is 12.7. The summed E-state index contributed by atoms with van der Waals surface area (Å²) in [6.07, 6.45) is 3.77. The van der Waals surface area contributed by atoms with Gasteiger partial charge in [0.05, 0.1) is 18.3 Å². The van der Waals surface area contributed by atoms with Crippen LogP contribution in [0.25, 0.3) is 6.08 Å². The zero-order chi connectivity index (χ0) is 23.9. The summed E-state index contributed by atoms with van der Waals surface area (Å²) in [5.74, 6) is 1.15. The highest BCUT2D eigenvalue weighted by molar-refractivity contribution is 6.08. The van der Waals surface area contributed by atoms with E-state index in [-0.39, 0.29) is 23.6 Å². The number of amides is 2. The highest BCUT2D eigenvalue weighted by Crippen LogP contribution is 2.30. The first kappa shape index (κ1) is 23.1. The Kier molecular flexibility index (Phi) is 7.28. The molecule has 4 rings (SSSR count). The third kappa shape index (κ3) is 5.64. The van der Waals surface area contributed by atoms with Crippen LogP contribution in [-0.2, 0) is 4.79 Å². The number of benzene rings is 3. The largest absolute Gasteiger partial charge is 0.494 e. The lowest BCUT2D eigenvalue weighted by atomic mass is 10.1. The number of para-hydroxylation sites is 2. The molecule has 3 aromatic rings. The normalized spacial score (nSPS) is 14.5. The predicted octanol–water partition coefficient (Wildman–Crippen LogP) is 5.73. The minimum atomic E-state index is -0.309. The van der Waals surface area contributed by atoms with Gasteiger partial charge in [-0.25, -0.2) is 0 Å². The van der Waals surface area contributed by atoms with Crippen molar-refractivity contribution in [3.05, 3.63) is 95.2 Å². The van der Waals surface area contributed by atoms with Gasteiger partial charge in [-0.3, -0.25) is 9.59 Å². The summed E-state index contributed by atoms with van der Waals surface area (Å²) in [6, 6.07) is 21.9. The Morgan fingerprint density at radius 2 is 1.79 bits per heavy atom. The van der Waals surface area contributed by atoms with Gasteiger partial charge < -0.3 is 20.1 Å². The molecule has 0 bridgehead atoms. The molecule has 34 heavy (non-hydrogen) atoms.